The molecule has 2 aromatic rings. The molecule has 0 aliphatic rings. The second-order valence-corrected chi connectivity index (χ2v) is 4.57. The summed E-state index contributed by atoms with van der Waals surface area (Å²) in [6, 6.07) is 20.5. The summed E-state index contributed by atoms with van der Waals surface area (Å²) in [5, 5.41) is 8.36. The van der Waals surface area contributed by atoms with Crippen molar-refractivity contribution in [1.29, 1.82) is 0 Å². The minimum atomic E-state index is -0.116. The Kier molecular flexibility index (Phi) is 17.0. The van der Waals surface area contributed by atoms with Crippen LogP contribution in [0.5, 0.6) is 0 Å². The monoisotopic (exact) mass is 288 g/mol. The maximum absolute atomic E-state index is 8.36. The Morgan fingerprint density at radius 2 is 1.00 bits per heavy atom. The van der Waals surface area contributed by atoms with E-state index in [1.54, 1.807) is 6.92 Å². The molecular formula is C20H32O. The summed E-state index contributed by atoms with van der Waals surface area (Å²) in [6.07, 6.45) is 0.745. The molecule has 0 amide bonds. The van der Waals surface area contributed by atoms with E-state index in [1.165, 1.54) is 11.1 Å². The minimum Gasteiger partial charge on any atom is -0.393 e. The van der Waals surface area contributed by atoms with Crippen LogP contribution < -0.4 is 0 Å². The van der Waals surface area contributed by atoms with Gasteiger partial charge < -0.3 is 5.11 Å². The smallest absolute Gasteiger partial charge is 0.0509 e. The molecule has 1 atom stereocenters. The van der Waals surface area contributed by atoms with Crippen molar-refractivity contribution in [3.8, 4) is 0 Å². The molecule has 0 heterocycles. The zero-order valence-electron chi connectivity index (χ0n) is 14.5. The standard InChI is InChI=1S/2C7H8.C4H10O.C2H6/c2*1-7-5-3-2-4-6-7;1-3-4(2)5;1-2/h2*2-6H,1H3;4-5H,3H2,1-2H3;1-2H3/t;;4-;/m..1./s1. The van der Waals surface area contributed by atoms with Crippen molar-refractivity contribution < 1.29 is 5.11 Å². The Bertz CT molecular complexity index is 355. The average molecular weight is 288 g/mol. The number of aliphatic hydroxyl groups excluding tert-OH is 1. The highest BCUT2D eigenvalue weighted by atomic mass is 16.3. The van der Waals surface area contributed by atoms with E-state index in [2.05, 4.69) is 38.1 Å². The van der Waals surface area contributed by atoms with Gasteiger partial charge >= 0.3 is 0 Å². The molecular weight excluding hydrogens is 256 g/mol. The van der Waals surface area contributed by atoms with E-state index < -0.39 is 0 Å². The van der Waals surface area contributed by atoms with E-state index in [0.717, 1.165) is 6.42 Å². The van der Waals surface area contributed by atoms with Crippen LogP contribution in [0.2, 0.25) is 0 Å². The predicted octanol–water partition coefficient (Wildman–Crippen LogP) is 5.79. The van der Waals surface area contributed by atoms with E-state index in [4.69, 9.17) is 5.11 Å². The van der Waals surface area contributed by atoms with Gasteiger partial charge in [0.25, 0.3) is 0 Å². The van der Waals surface area contributed by atoms with Crippen LogP contribution in [-0.4, -0.2) is 11.2 Å². The van der Waals surface area contributed by atoms with Crippen LogP contribution in [-0.2, 0) is 0 Å². The zero-order chi connectivity index (χ0) is 16.5. The van der Waals surface area contributed by atoms with Crippen molar-refractivity contribution >= 4 is 0 Å². The first kappa shape index (κ1) is 21.7. The highest BCUT2D eigenvalue weighted by Crippen LogP contribution is 1.92. The first-order chi connectivity index (χ1) is 10.1. The molecule has 0 spiro atoms. The molecule has 118 valence electrons. The molecule has 0 bridgehead atoms. The van der Waals surface area contributed by atoms with Crippen molar-refractivity contribution in [2.75, 3.05) is 0 Å². The molecule has 2 rings (SSSR count). The number of benzene rings is 2. The summed E-state index contributed by atoms with van der Waals surface area (Å²) in [4.78, 5) is 0. The first-order valence-electron chi connectivity index (χ1n) is 7.77. The van der Waals surface area contributed by atoms with E-state index in [-0.39, 0.29) is 6.10 Å². The third-order valence-corrected chi connectivity index (χ3v) is 2.47. The van der Waals surface area contributed by atoms with Gasteiger partial charge in [-0.15, -0.1) is 0 Å². The summed E-state index contributed by atoms with van der Waals surface area (Å²) in [7, 11) is 0. The summed E-state index contributed by atoms with van der Waals surface area (Å²) in [5.41, 5.74) is 2.64. The molecule has 21 heavy (non-hydrogen) atoms. The van der Waals surface area contributed by atoms with E-state index >= 15 is 0 Å². The molecule has 2 aromatic carbocycles. The van der Waals surface area contributed by atoms with Gasteiger partial charge in [-0.25, -0.2) is 0 Å². The fourth-order valence-electron chi connectivity index (χ4n) is 1.07. The van der Waals surface area contributed by atoms with Gasteiger partial charge in [-0.2, -0.15) is 0 Å². The largest absolute Gasteiger partial charge is 0.393 e. The first-order valence-corrected chi connectivity index (χ1v) is 7.77. The Morgan fingerprint density at radius 1 is 0.762 bits per heavy atom. The SMILES string of the molecule is CC.CC[C@@H](C)O.Cc1ccccc1.Cc1ccccc1. The van der Waals surface area contributed by atoms with Crippen LogP contribution in [0.3, 0.4) is 0 Å². The highest BCUT2D eigenvalue weighted by molar-refractivity contribution is 5.12. The second kappa shape index (κ2) is 16.5. The maximum Gasteiger partial charge on any atom is 0.0509 e. The van der Waals surface area contributed by atoms with Crippen molar-refractivity contribution in [2.24, 2.45) is 0 Å². The molecule has 1 heteroatoms. The van der Waals surface area contributed by atoms with Gasteiger partial charge in [0.1, 0.15) is 0 Å². The molecule has 1 N–H and O–H groups in total. The van der Waals surface area contributed by atoms with Gasteiger partial charge in [-0.1, -0.05) is 92.6 Å². The van der Waals surface area contributed by atoms with Crippen LogP contribution in [0.1, 0.15) is 45.2 Å². The van der Waals surface area contributed by atoms with Crippen molar-refractivity contribution in [3.63, 3.8) is 0 Å². The Labute approximate surface area is 131 Å². The number of hydrogen-bond donors (Lipinski definition) is 1. The number of rotatable bonds is 1. The lowest BCUT2D eigenvalue weighted by Crippen LogP contribution is -1.93. The van der Waals surface area contributed by atoms with Gasteiger partial charge in [-0.05, 0) is 27.2 Å². The quantitative estimate of drug-likeness (QED) is 0.703. The van der Waals surface area contributed by atoms with Gasteiger partial charge in [0.2, 0.25) is 0 Å². The van der Waals surface area contributed by atoms with Crippen molar-refractivity contribution in [3.05, 3.63) is 71.8 Å². The lowest BCUT2D eigenvalue weighted by atomic mass is 10.2. The van der Waals surface area contributed by atoms with Gasteiger partial charge in [-0.3, -0.25) is 0 Å². The van der Waals surface area contributed by atoms with Crippen LogP contribution in [0, 0.1) is 13.8 Å². The fraction of sp³-hybridized carbons (Fsp3) is 0.400. The van der Waals surface area contributed by atoms with Crippen molar-refractivity contribution in [2.45, 2.75) is 54.1 Å². The molecule has 1 nitrogen and oxygen atoms in total. The van der Waals surface area contributed by atoms with Gasteiger partial charge in [0.15, 0.2) is 0 Å². The topological polar surface area (TPSA) is 20.2 Å². The molecule has 0 aliphatic carbocycles. The zero-order valence-corrected chi connectivity index (χ0v) is 14.5. The Balaban J connectivity index is 0. The van der Waals surface area contributed by atoms with Crippen molar-refractivity contribution in [1.82, 2.24) is 0 Å². The summed E-state index contributed by atoms with van der Waals surface area (Å²) in [6.45, 7) is 11.9. The number of aliphatic hydroxyl groups is 1. The lowest BCUT2D eigenvalue weighted by molar-refractivity contribution is 0.191. The molecule has 0 aliphatic heterocycles. The van der Waals surface area contributed by atoms with Crippen LogP contribution in [0.15, 0.2) is 60.7 Å². The van der Waals surface area contributed by atoms with E-state index in [1.807, 2.05) is 57.2 Å². The molecule has 0 radical (unpaired) electrons. The van der Waals surface area contributed by atoms with Gasteiger partial charge in [0, 0.05) is 0 Å². The normalized spacial score (nSPS) is 9.67. The van der Waals surface area contributed by atoms with E-state index in [0.29, 0.717) is 0 Å². The maximum atomic E-state index is 8.36. The molecule has 0 unspecified atom stereocenters. The minimum absolute atomic E-state index is 0.116. The average Bonchev–Trinajstić information content (AvgIpc) is 2.52. The molecule has 0 aromatic heterocycles. The lowest BCUT2D eigenvalue weighted by Gasteiger charge is -1.90. The predicted molar refractivity (Wildman–Crippen MR) is 95.7 cm³/mol. The summed E-state index contributed by atoms with van der Waals surface area (Å²) in [5.74, 6) is 0. The summed E-state index contributed by atoms with van der Waals surface area (Å²) >= 11 is 0. The third-order valence-electron chi connectivity index (χ3n) is 2.47. The van der Waals surface area contributed by atoms with Crippen LogP contribution in [0.25, 0.3) is 0 Å². The van der Waals surface area contributed by atoms with Gasteiger partial charge in [0.05, 0.1) is 6.10 Å². The fourth-order valence-corrected chi connectivity index (χ4v) is 1.07. The third kappa shape index (κ3) is 18.4. The second-order valence-electron chi connectivity index (χ2n) is 4.57. The van der Waals surface area contributed by atoms with Crippen LogP contribution in [0.4, 0.5) is 0 Å². The number of aryl methyl sites for hydroxylation is 2. The molecule has 0 saturated carbocycles. The number of hydrogen-bond acceptors (Lipinski definition) is 1. The highest BCUT2D eigenvalue weighted by Gasteiger charge is 1.81. The molecule has 0 saturated heterocycles. The molecule has 0 fully saturated rings. The summed E-state index contributed by atoms with van der Waals surface area (Å²) < 4.78 is 0. The Hall–Kier alpha value is -1.60. The van der Waals surface area contributed by atoms with E-state index in [9.17, 15) is 0 Å². The Morgan fingerprint density at radius 3 is 1.10 bits per heavy atom. The van der Waals surface area contributed by atoms with Crippen LogP contribution >= 0.6 is 0 Å².